The molecule has 6 nitrogen and oxygen atoms in total. The van der Waals surface area contributed by atoms with Gasteiger partial charge in [0.2, 0.25) is 0 Å². The van der Waals surface area contributed by atoms with E-state index in [0.717, 1.165) is 29.9 Å². The van der Waals surface area contributed by atoms with Crippen LogP contribution in [-0.4, -0.2) is 48.0 Å². The molecule has 0 spiro atoms. The van der Waals surface area contributed by atoms with Crippen molar-refractivity contribution in [2.24, 2.45) is 0 Å². The number of carbonyl (C=O) groups is 1. The number of para-hydroxylation sites is 1. The molecule has 6 heteroatoms. The zero-order valence-corrected chi connectivity index (χ0v) is 15.6. The molecule has 0 saturated heterocycles. The molecule has 0 radical (unpaired) electrons. The number of nitrogens with one attached hydrogen (secondary N) is 2. The fourth-order valence-electron chi connectivity index (χ4n) is 2.46. The van der Waals surface area contributed by atoms with Crippen molar-refractivity contribution in [2.75, 3.05) is 37.8 Å². The largest absolute Gasteiger partial charge is 0.368 e. The highest BCUT2D eigenvalue weighted by molar-refractivity contribution is 6.03. The van der Waals surface area contributed by atoms with Gasteiger partial charge in [0.15, 0.2) is 0 Å². The van der Waals surface area contributed by atoms with Gasteiger partial charge in [-0.05, 0) is 38.1 Å². The van der Waals surface area contributed by atoms with E-state index < -0.39 is 0 Å². The molecule has 0 unspecified atom stereocenters. The first-order chi connectivity index (χ1) is 11.9. The predicted molar refractivity (Wildman–Crippen MR) is 102 cm³/mol. The van der Waals surface area contributed by atoms with E-state index in [0.29, 0.717) is 17.4 Å². The normalized spacial score (nSPS) is 11.0. The molecule has 0 aliphatic carbocycles. The van der Waals surface area contributed by atoms with Gasteiger partial charge in [-0.3, -0.25) is 4.79 Å². The molecule has 0 saturated carbocycles. The highest BCUT2D eigenvalue weighted by Gasteiger charge is 2.14. The number of anilines is 2. The minimum Gasteiger partial charge on any atom is -0.368 e. The Morgan fingerprint density at radius 1 is 1.20 bits per heavy atom. The Kier molecular flexibility index (Phi) is 6.47. The molecule has 0 fully saturated rings. The van der Waals surface area contributed by atoms with Gasteiger partial charge < -0.3 is 15.5 Å². The van der Waals surface area contributed by atoms with Gasteiger partial charge in [0.1, 0.15) is 11.5 Å². The van der Waals surface area contributed by atoms with Gasteiger partial charge in [-0.15, -0.1) is 0 Å². The summed E-state index contributed by atoms with van der Waals surface area (Å²) in [7, 11) is 4.02. The van der Waals surface area contributed by atoms with Gasteiger partial charge in [0.05, 0.1) is 12.4 Å². The van der Waals surface area contributed by atoms with Crippen molar-refractivity contribution in [3.8, 4) is 0 Å². The van der Waals surface area contributed by atoms with Gasteiger partial charge in [0.25, 0.3) is 5.91 Å². The number of nitrogens with zero attached hydrogens (tertiary/aromatic N) is 3. The van der Waals surface area contributed by atoms with Gasteiger partial charge in [-0.1, -0.05) is 32.0 Å². The molecular weight excluding hydrogens is 314 g/mol. The lowest BCUT2D eigenvalue weighted by atomic mass is 9.98. The lowest BCUT2D eigenvalue weighted by molar-refractivity contribution is 0.102. The van der Waals surface area contributed by atoms with E-state index in [1.54, 1.807) is 6.20 Å². The smallest absolute Gasteiger partial charge is 0.275 e. The maximum atomic E-state index is 12.5. The van der Waals surface area contributed by atoms with E-state index in [1.165, 1.54) is 6.20 Å². The quantitative estimate of drug-likeness (QED) is 0.810. The minimum absolute atomic E-state index is 0.247. The monoisotopic (exact) mass is 341 g/mol. The zero-order valence-electron chi connectivity index (χ0n) is 15.6. The molecule has 0 bridgehead atoms. The Morgan fingerprint density at radius 2 is 1.96 bits per heavy atom. The summed E-state index contributed by atoms with van der Waals surface area (Å²) >= 11 is 0. The summed E-state index contributed by atoms with van der Waals surface area (Å²) in [6.45, 7) is 7.88. The van der Waals surface area contributed by atoms with Crippen LogP contribution >= 0.6 is 0 Å². The summed E-state index contributed by atoms with van der Waals surface area (Å²) in [4.78, 5) is 23.1. The number of benzene rings is 1. The Labute approximate surface area is 149 Å². The highest BCUT2D eigenvalue weighted by Crippen LogP contribution is 2.27. The number of likely N-dealkylation sites (N-methyl/N-ethyl adjacent to an activating group) is 1. The number of carbonyl (C=O) groups excluding carboxylic acids is 1. The van der Waals surface area contributed by atoms with E-state index in [2.05, 4.69) is 39.3 Å². The maximum absolute atomic E-state index is 12.5. The average Bonchev–Trinajstić information content (AvgIpc) is 2.56. The third kappa shape index (κ3) is 5.26. The van der Waals surface area contributed by atoms with Crippen molar-refractivity contribution >= 4 is 17.4 Å². The van der Waals surface area contributed by atoms with Crippen LogP contribution in [0.15, 0.2) is 30.6 Å². The Morgan fingerprint density at radius 3 is 2.56 bits per heavy atom. The number of aryl methyl sites for hydroxylation is 1. The van der Waals surface area contributed by atoms with Crippen LogP contribution in [0.2, 0.25) is 0 Å². The average molecular weight is 341 g/mol. The van der Waals surface area contributed by atoms with Crippen LogP contribution in [-0.2, 0) is 0 Å². The van der Waals surface area contributed by atoms with Crippen LogP contribution in [0.1, 0.15) is 41.4 Å². The van der Waals surface area contributed by atoms with Gasteiger partial charge in [0, 0.05) is 18.8 Å². The van der Waals surface area contributed by atoms with Crippen molar-refractivity contribution in [2.45, 2.75) is 26.7 Å². The van der Waals surface area contributed by atoms with Crippen LogP contribution in [0, 0.1) is 6.92 Å². The lowest BCUT2D eigenvalue weighted by Gasteiger charge is -2.16. The molecule has 25 heavy (non-hydrogen) atoms. The number of amides is 1. The number of hydrogen-bond acceptors (Lipinski definition) is 5. The second-order valence-corrected chi connectivity index (χ2v) is 6.66. The molecule has 0 atom stereocenters. The Bertz CT molecular complexity index is 710. The molecule has 1 aromatic heterocycles. The van der Waals surface area contributed by atoms with Crippen molar-refractivity contribution in [3.63, 3.8) is 0 Å². The minimum atomic E-state index is -0.247. The van der Waals surface area contributed by atoms with Crippen molar-refractivity contribution < 1.29 is 4.79 Å². The number of hydrogen-bond donors (Lipinski definition) is 2. The van der Waals surface area contributed by atoms with Crippen LogP contribution in [0.4, 0.5) is 11.5 Å². The SMILES string of the molecule is Cc1cccc(C(C)C)c1NC(=O)c1cnc(NCCN(C)C)cn1. The molecular formula is C19H27N5O. The van der Waals surface area contributed by atoms with Gasteiger partial charge in [-0.2, -0.15) is 0 Å². The van der Waals surface area contributed by atoms with Gasteiger partial charge >= 0.3 is 0 Å². The Balaban J connectivity index is 2.07. The van der Waals surface area contributed by atoms with E-state index in [9.17, 15) is 4.79 Å². The van der Waals surface area contributed by atoms with Crippen LogP contribution in [0.5, 0.6) is 0 Å². The van der Waals surface area contributed by atoms with E-state index in [1.807, 2.05) is 39.2 Å². The fourth-order valence-corrected chi connectivity index (χ4v) is 2.46. The highest BCUT2D eigenvalue weighted by atomic mass is 16.1. The number of aromatic nitrogens is 2. The second kappa shape index (κ2) is 8.58. The first-order valence-electron chi connectivity index (χ1n) is 8.50. The lowest BCUT2D eigenvalue weighted by Crippen LogP contribution is -2.21. The first kappa shape index (κ1) is 18.9. The van der Waals surface area contributed by atoms with E-state index in [-0.39, 0.29) is 5.91 Å². The summed E-state index contributed by atoms with van der Waals surface area (Å²) in [6.07, 6.45) is 3.09. The van der Waals surface area contributed by atoms with Crippen molar-refractivity contribution in [1.29, 1.82) is 0 Å². The molecule has 2 N–H and O–H groups in total. The summed E-state index contributed by atoms with van der Waals surface area (Å²) in [5, 5.41) is 6.16. The molecule has 1 heterocycles. The van der Waals surface area contributed by atoms with Crippen LogP contribution in [0.3, 0.4) is 0 Å². The van der Waals surface area contributed by atoms with Crippen LogP contribution < -0.4 is 10.6 Å². The molecule has 2 aromatic rings. The van der Waals surface area contributed by atoms with Gasteiger partial charge in [-0.25, -0.2) is 9.97 Å². The first-order valence-corrected chi connectivity index (χ1v) is 8.50. The van der Waals surface area contributed by atoms with Crippen LogP contribution in [0.25, 0.3) is 0 Å². The summed E-state index contributed by atoms with van der Waals surface area (Å²) in [6, 6.07) is 6.04. The third-order valence-electron chi connectivity index (χ3n) is 3.92. The molecule has 134 valence electrons. The number of rotatable bonds is 7. The topological polar surface area (TPSA) is 70.2 Å². The van der Waals surface area contributed by atoms with E-state index in [4.69, 9.17) is 0 Å². The predicted octanol–water partition coefficient (Wildman–Crippen LogP) is 3.13. The van der Waals surface area contributed by atoms with Crippen molar-refractivity contribution in [3.05, 3.63) is 47.4 Å². The standard InChI is InChI=1S/C19H27N5O/c1-13(2)15-8-6-7-14(3)18(15)23-19(25)16-11-22-17(12-21-16)20-9-10-24(4)5/h6-8,11-13H,9-10H2,1-5H3,(H,20,22)(H,23,25). The summed E-state index contributed by atoms with van der Waals surface area (Å²) in [5.74, 6) is 0.741. The molecule has 0 aliphatic heterocycles. The molecule has 2 rings (SSSR count). The zero-order chi connectivity index (χ0) is 18.4. The van der Waals surface area contributed by atoms with E-state index >= 15 is 0 Å². The third-order valence-corrected chi connectivity index (χ3v) is 3.92. The summed E-state index contributed by atoms with van der Waals surface area (Å²) in [5.41, 5.74) is 3.31. The Hall–Kier alpha value is -2.47. The maximum Gasteiger partial charge on any atom is 0.275 e. The van der Waals surface area contributed by atoms with Crippen molar-refractivity contribution in [1.82, 2.24) is 14.9 Å². The molecule has 1 amide bonds. The summed E-state index contributed by atoms with van der Waals surface area (Å²) < 4.78 is 0. The second-order valence-electron chi connectivity index (χ2n) is 6.66. The molecule has 0 aliphatic rings. The fraction of sp³-hybridized carbons (Fsp3) is 0.421. The molecule has 1 aromatic carbocycles.